The van der Waals surface area contributed by atoms with E-state index in [-0.39, 0.29) is 11.2 Å². The standard InChI is InChI=1S/C9H17NO4S/c1-6(8(11)13-2)15-5-4-7(10)9(12)14-3/h6-7H,4-5,10H2,1-3H3. The quantitative estimate of drug-likeness (QED) is 0.661. The first-order chi connectivity index (χ1) is 7.02. The predicted molar refractivity (Wildman–Crippen MR) is 58.5 cm³/mol. The minimum atomic E-state index is -0.618. The summed E-state index contributed by atoms with van der Waals surface area (Å²) in [5, 5.41) is -0.236. The highest BCUT2D eigenvalue weighted by Crippen LogP contribution is 2.13. The molecule has 6 heteroatoms. The van der Waals surface area contributed by atoms with Crippen LogP contribution in [0.5, 0.6) is 0 Å². The first-order valence-corrected chi connectivity index (χ1v) is 5.60. The molecule has 0 radical (unpaired) electrons. The van der Waals surface area contributed by atoms with E-state index in [1.165, 1.54) is 26.0 Å². The molecule has 2 unspecified atom stereocenters. The summed E-state index contributed by atoms with van der Waals surface area (Å²) in [6, 6.07) is -0.618. The molecule has 2 atom stereocenters. The number of ether oxygens (including phenoxy) is 2. The summed E-state index contributed by atoms with van der Waals surface area (Å²) in [4.78, 5) is 21.9. The Labute approximate surface area is 93.7 Å². The predicted octanol–water partition coefficient (Wildman–Crippen LogP) is 0.172. The van der Waals surface area contributed by atoms with Crippen LogP contribution >= 0.6 is 11.8 Å². The lowest BCUT2D eigenvalue weighted by Gasteiger charge is -2.11. The smallest absolute Gasteiger partial charge is 0.322 e. The SMILES string of the molecule is COC(=O)C(N)CCSC(C)C(=O)OC. The van der Waals surface area contributed by atoms with Crippen molar-refractivity contribution in [1.82, 2.24) is 0 Å². The molecule has 0 rings (SSSR count). The second-order valence-electron chi connectivity index (χ2n) is 2.95. The fourth-order valence-electron chi connectivity index (χ4n) is 0.875. The van der Waals surface area contributed by atoms with Crippen molar-refractivity contribution in [3.63, 3.8) is 0 Å². The van der Waals surface area contributed by atoms with Crippen molar-refractivity contribution in [1.29, 1.82) is 0 Å². The molecule has 0 aromatic carbocycles. The molecule has 5 nitrogen and oxygen atoms in total. The van der Waals surface area contributed by atoms with E-state index >= 15 is 0 Å². The van der Waals surface area contributed by atoms with Crippen molar-refractivity contribution in [3.8, 4) is 0 Å². The van der Waals surface area contributed by atoms with Gasteiger partial charge in [0, 0.05) is 0 Å². The molecule has 0 aliphatic heterocycles. The lowest BCUT2D eigenvalue weighted by atomic mass is 10.2. The number of methoxy groups -OCH3 is 2. The van der Waals surface area contributed by atoms with Crippen LogP contribution in [0.25, 0.3) is 0 Å². The van der Waals surface area contributed by atoms with Crippen LogP contribution in [-0.2, 0) is 19.1 Å². The third kappa shape index (κ3) is 5.64. The third-order valence-electron chi connectivity index (χ3n) is 1.83. The first kappa shape index (κ1) is 14.2. The summed E-state index contributed by atoms with van der Waals surface area (Å²) in [6.07, 6.45) is 0.485. The van der Waals surface area contributed by atoms with E-state index in [1.807, 2.05) is 0 Å². The number of hydrogen-bond acceptors (Lipinski definition) is 6. The fraction of sp³-hybridized carbons (Fsp3) is 0.778. The van der Waals surface area contributed by atoms with Crippen molar-refractivity contribution >= 4 is 23.7 Å². The zero-order chi connectivity index (χ0) is 11.8. The minimum Gasteiger partial charge on any atom is -0.468 e. The zero-order valence-electron chi connectivity index (χ0n) is 9.19. The van der Waals surface area contributed by atoms with Gasteiger partial charge in [0.05, 0.1) is 19.5 Å². The van der Waals surface area contributed by atoms with Crippen molar-refractivity contribution in [2.45, 2.75) is 24.6 Å². The Morgan fingerprint density at radius 1 is 1.27 bits per heavy atom. The van der Waals surface area contributed by atoms with Crippen LogP contribution < -0.4 is 5.73 Å². The van der Waals surface area contributed by atoms with Gasteiger partial charge in [-0.1, -0.05) is 0 Å². The largest absolute Gasteiger partial charge is 0.468 e. The maximum atomic E-state index is 11.0. The molecule has 2 N–H and O–H groups in total. The molecule has 88 valence electrons. The summed E-state index contributed by atoms with van der Waals surface area (Å²) in [6.45, 7) is 1.75. The second-order valence-corrected chi connectivity index (χ2v) is 4.40. The Morgan fingerprint density at radius 3 is 2.27 bits per heavy atom. The van der Waals surface area contributed by atoms with E-state index in [1.54, 1.807) is 6.92 Å². The van der Waals surface area contributed by atoms with E-state index < -0.39 is 12.0 Å². The van der Waals surface area contributed by atoms with Crippen molar-refractivity contribution in [2.24, 2.45) is 5.73 Å². The van der Waals surface area contributed by atoms with E-state index in [4.69, 9.17) is 5.73 Å². The molecule has 0 aromatic heterocycles. The number of carbonyl (C=O) groups is 2. The van der Waals surface area contributed by atoms with Crippen molar-refractivity contribution in [3.05, 3.63) is 0 Å². The highest BCUT2D eigenvalue weighted by molar-refractivity contribution is 8.00. The normalized spacial score (nSPS) is 14.1. The lowest BCUT2D eigenvalue weighted by Crippen LogP contribution is -2.32. The molecule has 0 bridgehead atoms. The topological polar surface area (TPSA) is 78.6 Å². The number of esters is 2. The first-order valence-electron chi connectivity index (χ1n) is 4.55. The molecule has 0 fully saturated rings. The maximum Gasteiger partial charge on any atom is 0.322 e. The number of nitrogens with two attached hydrogens (primary N) is 1. The summed E-state index contributed by atoms with van der Waals surface area (Å²) in [5.41, 5.74) is 5.52. The second kappa shape index (κ2) is 7.53. The van der Waals surface area contributed by atoms with Crippen LogP contribution in [0.2, 0.25) is 0 Å². The Bertz CT molecular complexity index is 200. The zero-order valence-corrected chi connectivity index (χ0v) is 10.0. The number of carbonyl (C=O) groups excluding carboxylic acids is 2. The molecular formula is C9H17NO4S. The van der Waals surface area contributed by atoms with Crippen LogP contribution in [0.1, 0.15) is 13.3 Å². The minimum absolute atomic E-state index is 0.236. The maximum absolute atomic E-state index is 11.0. The summed E-state index contributed by atoms with van der Waals surface area (Å²) in [5.74, 6) is -0.0834. The van der Waals surface area contributed by atoms with Crippen molar-refractivity contribution in [2.75, 3.05) is 20.0 Å². The molecule has 0 saturated carbocycles. The summed E-state index contributed by atoms with van der Waals surface area (Å²) < 4.78 is 9.03. The number of rotatable bonds is 6. The van der Waals surface area contributed by atoms with Gasteiger partial charge in [-0.05, 0) is 19.1 Å². The lowest BCUT2D eigenvalue weighted by molar-refractivity contribution is -0.142. The third-order valence-corrected chi connectivity index (χ3v) is 3.00. The monoisotopic (exact) mass is 235 g/mol. The van der Waals surface area contributed by atoms with Crippen LogP contribution in [0, 0.1) is 0 Å². The van der Waals surface area contributed by atoms with Crippen LogP contribution in [-0.4, -0.2) is 43.2 Å². The Balaban J connectivity index is 3.70. The van der Waals surface area contributed by atoms with Gasteiger partial charge in [-0.3, -0.25) is 9.59 Å². The van der Waals surface area contributed by atoms with Crippen LogP contribution in [0.4, 0.5) is 0 Å². The fourth-order valence-corrected chi connectivity index (χ4v) is 1.85. The molecule has 0 aromatic rings. The van der Waals surface area contributed by atoms with E-state index in [0.29, 0.717) is 12.2 Å². The van der Waals surface area contributed by atoms with Gasteiger partial charge in [0.1, 0.15) is 6.04 Å². The molecular weight excluding hydrogens is 218 g/mol. The van der Waals surface area contributed by atoms with Gasteiger partial charge in [-0.2, -0.15) is 0 Å². The van der Waals surface area contributed by atoms with Gasteiger partial charge in [0.2, 0.25) is 0 Å². The van der Waals surface area contributed by atoms with Gasteiger partial charge in [-0.25, -0.2) is 0 Å². The van der Waals surface area contributed by atoms with E-state index in [0.717, 1.165) is 0 Å². The Kier molecular flexibility index (Phi) is 7.15. The molecule has 0 spiro atoms. The van der Waals surface area contributed by atoms with E-state index in [2.05, 4.69) is 9.47 Å². The van der Waals surface area contributed by atoms with Crippen LogP contribution in [0.3, 0.4) is 0 Å². The Hall–Kier alpha value is -0.750. The average molecular weight is 235 g/mol. The number of hydrogen-bond donors (Lipinski definition) is 1. The highest BCUT2D eigenvalue weighted by Gasteiger charge is 2.16. The molecule has 0 saturated heterocycles. The van der Waals surface area contributed by atoms with E-state index in [9.17, 15) is 9.59 Å². The molecule has 0 amide bonds. The van der Waals surface area contributed by atoms with Gasteiger partial charge in [-0.15, -0.1) is 11.8 Å². The highest BCUT2D eigenvalue weighted by atomic mass is 32.2. The molecule has 15 heavy (non-hydrogen) atoms. The molecule has 0 aliphatic rings. The van der Waals surface area contributed by atoms with Gasteiger partial charge in [0.15, 0.2) is 0 Å². The van der Waals surface area contributed by atoms with Gasteiger partial charge in [0.25, 0.3) is 0 Å². The average Bonchev–Trinajstić information content (AvgIpc) is 2.26. The van der Waals surface area contributed by atoms with Gasteiger partial charge >= 0.3 is 11.9 Å². The Morgan fingerprint density at radius 2 is 1.80 bits per heavy atom. The van der Waals surface area contributed by atoms with Crippen molar-refractivity contribution < 1.29 is 19.1 Å². The summed E-state index contributed by atoms with van der Waals surface area (Å²) >= 11 is 1.40. The molecule has 0 aliphatic carbocycles. The number of thioether (sulfide) groups is 1. The molecule has 0 heterocycles. The summed E-state index contributed by atoms with van der Waals surface area (Å²) in [7, 11) is 2.64. The van der Waals surface area contributed by atoms with Gasteiger partial charge < -0.3 is 15.2 Å². The van der Waals surface area contributed by atoms with Crippen LogP contribution in [0.15, 0.2) is 0 Å².